The van der Waals surface area contributed by atoms with Gasteiger partial charge in [0.25, 0.3) is 0 Å². The first kappa shape index (κ1) is 8.72. The van der Waals surface area contributed by atoms with E-state index in [4.69, 9.17) is 5.11 Å². The van der Waals surface area contributed by atoms with Crippen LogP contribution in [-0.2, 0) is 11.2 Å². The number of benzene rings is 1. The molecular weight excluding hydrogens is 188 g/mol. The number of allylic oxidation sites excluding steroid dienone is 1. The molecule has 2 heteroatoms. The van der Waals surface area contributed by atoms with E-state index in [0.29, 0.717) is 5.92 Å². The Morgan fingerprint density at radius 2 is 2.20 bits per heavy atom. The maximum Gasteiger partial charge on any atom is 0.314 e. The van der Waals surface area contributed by atoms with Crippen molar-refractivity contribution in [1.82, 2.24) is 0 Å². The molecule has 0 radical (unpaired) electrons. The molecule has 2 nitrogen and oxygen atoms in total. The lowest BCUT2D eigenvalue weighted by atomic mass is 9.83. The van der Waals surface area contributed by atoms with E-state index in [1.165, 1.54) is 11.1 Å². The number of carboxylic acid groups (broad SMARTS) is 1. The van der Waals surface area contributed by atoms with E-state index in [1.54, 1.807) is 0 Å². The van der Waals surface area contributed by atoms with Crippen molar-refractivity contribution in [3.05, 3.63) is 47.0 Å². The molecule has 2 aliphatic rings. The molecule has 76 valence electrons. The summed E-state index contributed by atoms with van der Waals surface area (Å²) in [6.07, 6.45) is 6.13. The minimum Gasteiger partial charge on any atom is -0.481 e. The van der Waals surface area contributed by atoms with Gasteiger partial charge in [0.15, 0.2) is 0 Å². The molecule has 2 atom stereocenters. The highest BCUT2D eigenvalue weighted by molar-refractivity contribution is 5.80. The number of hydrogen-bond donors (Lipinski definition) is 1. The van der Waals surface area contributed by atoms with Crippen LogP contribution < -0.4 is 0 Å². The van der Waals surface area contributed by atoms with Gasteiger partial charge in [-0.25, -0.2) is 0 Å². The summed E-state index contributed by atoms with van der Waals surface area (Å²) in [5.74, 6) is -0.717. The molecule has 0 bridgehead atoms. The molecule has 15 heavy (non-hydrogen) atoms. The largest absolute Gasteiger partial charge is 0.481 e. The van der Waals surface area contributed by atoms with Crippen LogP contribution in [0.15, 0.2) is 30.4 Å². The van der Waals surface area contributed by atoms with Crippen molar-refractivity contribution in [1.29, 1.82) is 0 Å². The Labute approximate surface area is 88.2 Å². The molecule has 0 amide bonds. The van der Waals surface area contributed by atoms with Crippen LogP contribution in [0.4, 0.5) is 0 Å². The van der Waals surface area contributed by atoms with E-state index in [1.807, 2.05) is 18.2 Å². The molecule has 0 heterocycles. The molecule has 0 unspecified atom stereocenters. The highest BCUT2D eigenvalue weighted by atomic mass is 16.4. The molecule has 0 spiro atoms. The van der Waals surface area contributed by atoms with E-state index >= 15 is 0 Å². The zero-order valence-corrected chi connectivity index (χ0v) is 8.31. The molecule has 2 aliphatic carbocycles. The Morgan fingerprint density at radius 1 is 1.33 bits per heavy atom. The minimum absolute atomic E-state index is 0.436. The van der Waals surface area contributed by atoms with Gasteiger partial charge in [-0.15, -0.1) is 0 Å². The Morgan fingerprint density at radius 3 is 3.00 bits per heavy atom. The first-order chi connectivity index (χ1) is 7.27. The average molecular weight is 200 g/mol. The molecule has 0 aromatic heterocycles. The first-order valence-corrected chi connectivity index (χ1v) is 5.30. The van der Waals surface area contributed by atoms with Crippen molar-refractivity contribution >= 4 is 5.97 Å². The Kier molecular flexibility index (Phi) is 1.72. The number of hydrogen-bond acceptors (Lipinski definition) is 1. The lowest BCUT2D eigenvalue weighted by Crippen LogP contribution is -2.15. The van der Waals surface area contributed by atoms with Gasteiger partial charge in [0.05, 0.1) is 0 Å². The standard InChI is InChI=1S/C13H12O2/c14-13(15)11-7-6-9-5-4-8-2-1-3-10(11)12(8)9/h1-3,6-7,9,11H,4-5H2,(H,14,15)/t9-,11+/m1/s1. The number of carbonyl (C=O) groups is 1. The second-order valence-corrected chi connectivity index (χ2v) is 4.27. The summed E-state index contributed by atoms with van der Waals surface area (Å²) in [6, 6.07) is 6.06. The number of carboxylic acids is 1. The summed E-state index contributed by atoms with van der Waals surface area (Å²) >= 11 is 0. The Balaban J connectivity index is 2.21. The van der Waals surface area contributed by atoms with Gasteiger partial charge in [-0.1, -0.05) is 30.4 Å². The van der Waals surface area contributed by atoms with E-state index < -0.39 is 11.9 Å². The van der Waals surface area contributed by atoms with Crippen molar-refractivity contribution in [2.75, 3.05) is 0 Å². The third kappa shape index (κ3) is 1.14. The molecule has 0 saturated carbocycles. The van der Waals surface area contributed by atoms with E-state index in [9.17, 15) is 4.79 Å². The number of aliphatic carboxylic acids is 1. The monoisotopic (exact) mass is 200 g/mol. The molecule has 1 aromatic carbocycles. The van der Waals surface area contributed by atoms with Crippen molar-refractivity contribution < 1.29 is 9.90 Å². The Hall–Kier alpha value is -1.57. The van der Waals surface area contributed by atoms with Gasteiger partial charge in [0.2, 0.25) is 0 Å². The second-order valence-electron chi connectivity index (χ2n) is 4.27. The molecular formula is C13H12O2. The van der Waals surface area contributed by atoms with Crippen LogP contribution >= 0.6 is 0 Å². The lowest BCUT2D eigenvalue weighted by molar-refractivity contribution is -0.137. The Bertz CT molecular complexity index is 460. The van der Waals surface area contributed by atoms with Crippen LogP contribution in [0.3, 0.4) is 0 Å². The molecule has 1 aromatic rings. The third-order valence-corrected chi connectivity index (χ3v) is 3.46. The number of aryl methyl sites for hydroxylation is 1. The van der Waals surface area contributed by atoms with Crippen molar-refractivity contribution in [2.45, 2.75) is 24.7 Å². The smallest absolute Gasteiger partial charge is 0.314 e. The fourth-order valence-corrected chi connectivity index (χ4v) is 2.79. The van der Waals surface area contributed by atoms with E-state index in [2.05, 4.69) is 12.1 Å². The topological polar surface area (TPSA) is 37.3 Å². The van der Waals surface area contributed by atoms with Gasteiger partial charge < -0.3 is 5.11 Å². The van der Waals surface area contributed by atoms with Gasteiger partial charge >= 0.3 is 5.97 Å². The maximum absolute atomic E-state index is 11.1. The van der Waals surface area contributed by atoms with Crippen LogP contribution in [0.1, 0.15) is 34.9 Å². The maximum atomic E-state index is 11.1. The summed E-state index contributed by atoms with van der Waals surface area (Å²) in [4.78, 5) is 11.1. The van der Waals surface area contributed by atoms with Crippen LogP contribution in [0.25, 0.3) is 0 Å². The van der Waals surface area contributed by atoms with Crippen LogP contribution in [0.2, 0.25) is 0 Å². The van der Waals surface area contributed by atoms with E-state index in [-0.39, 0.29) is 0 Å². The van der Waals surface area contributed by atoms with Crippen LogP contribution in [0, 0.1) is 0 Å². The predicted molar refractivity (Wildman–Crippen MR) is 57.0 cm³/mol. The average Bonchev–Trinajstić information content (AvgIpc) is 2.64. The molecule has 0 fully saturated rings. The van der Waals surface area contributed by atoms with Crippen molar-refractivity contribution in [2.24, 2.45) is 0 Å². The normalized spacial score (nSPS) is 26.4. The third-order valence-electron chi connectivity index (χ3n) is 3.46. The summed E-state index contributed by atoms with van der Waals surface area (Å²) in [6.45, 7) is 0. The molecule has 1 N–H and O–H groups in total. The summed E-state index contributed by atoms with van der Waals surface area (Å²) in [5, 5.41) is 9.13. The quantitative estimate of drug-likeness (QED) is 0.707. The van der Waals surface area contributed by atoms with Crippen molar-refractivity contribution in [3.63, 3.8) is 0 Å². The van der Waals surface area contributed by atoms with E-state index in [0.717, 1.165) is 18.4 Å². The number of rotatable bonds is 1. The second kappa shape index (κ2) is 2.96. The van der Waals surface area contributed by atoms with Gasteiger partial charge in [0, 0.05) is 5.92 Å². The molecule has 0 saturated heterocycles. The van der Waals surface area contributed by atoms with Gasteiger partial charge in [-0.2, -0.15) is 0 Å². The zero-order valence-electron chi connectivity index (χ0n) is 8.31. The van der Waals surface area contributed by atoms with Gasteiger partial charge in [-0.05, 0) is 29.5 Å². The highest BCUT2D eigenvalue weighted by Crippen LogP contribution is 2.43. The highest BCUT2D eigenvalue weighted by Gasteiger charge is 2.31. The van der Waals surface area contributed by atoms with Crippen LogP contribution in [0.5, 0.6) is 0 Å². The van der Waals surface area contributed by atoms with Crippen molar-refractivity contribution in [3.8, 4) is 0 Å². The van der Waals surface area contributed by atoms with Gasteiger partial charge in [-0.3, -0.25) is 4.79 Å². The first-order valence-electron chi connectivity index (χ1n) is 5.30. The minimum atomic E-state index is -0.745. The molecule has 0 aliphatic heterocycles. The zero-order chi connectivity index (χ0) is 10.4. The fourth-order valence-electron chi connectivity index (χ4n) is 2.79. The summed E-state index contributed by atoms with van der Waals surface area (Å²) in [5.41, 5.74) is 3.63. The molecule has 3 rings (SSSR count). The summed E-state index contributed by atoms with van der Waals surface area (Å²) in [7, 11) is 0. The predicted octanol–water partition coefficient (Wildman–Crippen LogP) is 2.45. The van der Waals surface area contributed by atoms with Crippen LogP contribution in [-0.4, -0.2) is 11.1 Å². The van der Waals surface area contributed by atoms with Gasteiger partial charge in [0.1, 0.15) is 5.92 Å². The fraction of sp³-hybridized carbons (Fsp3) is 0.308. The lowest BCUT2D eigenvalue weighted by Gasteiger charge is -2.21. The SMILES string of the molecule is O=C(O)[C@H]1C=C[C@H]2CCc3cccc1c32. The summed E-state index contributed by atoms with van der Waals surface area (Å²) < 4.78 is 0.